The van der Waals surface area contributed by atoms with Crippen LogP contribution in [0.5, 0.6) is 5.75 Å². The van der Waals surface area contributed by atoms with Gasteiger partial charge in [0.25, 0.3) is 5.91 Å². The molecular formula is C18H27NO2. The van der Waals surface area contributed by atoms with E-state index in [0.717, 1.165) is 25.0 Å². The summed E-state index contributed by atoms with van der Waals surface area (Å²) in [6.45, 7) is 5.97. The second kappa shape index (κ2) is 7.48. The van der Waals surface area contributed by atoms with E-state index in [9.17, 15) is 4.79 Å². The molecule has 3 nitrogen and oxygen atoms in total. The molecule has 0 heterocycles. The number of nitrogens with one attached hydrogen (secondary N) is 1. The summed E-state index contributed by atoms with van der Waals surface area (Å²) >= 11 is 0. The zero-order valence-electron chi connectivity index (χ0n) is 13.4. The molecule has 0 fully saturated rings. The monoisotopic (exact) mass is 289 g/mol. The number of fused-ring (bicyclic) bond motifs is 1. The minimum atomic E-state index is -0.453. The van der Waals surface area contributed by atoms with Gasteiger partial charge in [0, 0.05) is 6.04 Å². The van der Waals surface area contributed by atoms with Gasteiger partial charge in [0.05, 0.1) is 0 Å². The third kappa shape index (κ3) is 4.48. The van der Waals surface area contributed by atoms with Crippen molar-refractivity contribution in [2.75, 3.05) is 0 Å². The molecular weight excluding hydrogens is 262 g/mol. The third-order valence-corrected chi connectivity index (χ3v) is 4.11. The largest absolute Gasteiger partial charge is 0.481 e. The standard InChI is InChI=1S/C18H27NO2/c1-4-7-13(2)19-18(20)14(3)21-17-11-10-15-8-5-6-9-16(15)12-17/h10-14H,4-9H2,1-3H3,(H,19,20)/t13-,14+/m0/s1. The minimum absolute atomic E-state index is 0.0336. The van der Waals surface area contributed by atoms with E-state index in [1.165, 1.54) is 30.4 Å². The molecule has 0 saturated heterocycles. The maximum absolute atomic E-state index is 12.1. The number of hydrogen-bond acceptors (Lipinski definition) is 2. The molecule has 21 heavy (non-hydrogen) atoms. The van der Waals surface area contributed by atoms with E-state index in [0.29, 0.717) is 0 Å². The number of carbonyl (C=O) groups excluding carboxylic acids is 1. The predicted molar refractivity (Wildman–Crippen MR) is 85.7 cm³/mol. The van der Waals surface area contributed by atoms with Crippen LogP contribution in [-0.2, 0) is 17.6 Å². The maximum Gasteiger partial charge on any atom is 0.260 e. The number of benzene rings is 1. The molecule has 116 valence electrons. The summed E-state index contributed by atoms with van der Waals surface area (Å²) in [5, 5.41) is 3.00. The summed E-state index contributed by atoms with van der Waals surface area (Å²) in [6, 6.07) is 6.45. The van der Waals surface area contributed by atoms with Crippen LogP contribution >= 0.6 is 0 Å². The van der Waals surface area contributed by atoms with E-state index in [1.54, 1.807) is 0 Å². The Morgan fingerprint density at radius 2 is 1.95 bits per heavy atom. The molecule has 1 amide bonds. The maximum atomic E-state index is 12.1. The van der Waals surface area contributed by atoms with Crippen LogP contribution in [0.2, 0.25) is 0 Å². The number of amides is 1. The lowest BCUT2D eigenvalue weighted by Crippen LogP contribution is -2.41. The molecule has 2 atom stereocenters. The Hall–Kier alpha value is -1.51. The lowest BCUT2D eigenvalue weighted by molar-refractivity contribution is -0.127. The lowest BCUT2D eigenvalue weighted by Gasteiger charge is -2.20. The van der Waals surface area contributed by atoms with Crippen LogP contribution in [0.3, 0.4) is 0 Å². The van der Waals surface area contributed by atoms with Gasteiger partial charge < -0.3 is 10.1 Å². The van der Waals surface area contributed by atoms with Crippen LogP contribution in [0.4, 0.5) is 0 Å². The first kappa shape index (κ1) is 15.9. The number of carbonyl (C=O) groups is 1. The molecule has 1 aliphatic carbocycles. The number of hydrogen-bond donors (Lipinski definition) is 1. The Morgan fingerprint density at radius 1 is 1.24 bits per heavy atom. The van der Waals surface area contributed by atoms with Crippen molar-refractivity contribution >= 4 is 5.91 Å². The molecule has 2 rings (SSSR count). The van der Waals surface area contributed by atoms with Crippen molar-refractivity contribution in [3.63, 3.8) is 0 Å². The highest BCUT2D eigenvalue weighted by Gasteiger charge is 2.17. The van der Waals surface area contributed by atoms with Crippen molar-refractivity contribution in [1.82, 2.24) is 5.32 Å². The fraction of sp³-hybridized carbons (Fsp3) is 0.611. The number of rotatable bonds is 6. The van der Waals surface area contributed by atoms with Crippen molar-refractivity contribution in [3.8, 4) is 5.75 Å². The molecule has 3 heteroatoms. The first-order valence-electron chi connectivity index (χ1n) is 8.19. The van der Waals surface area contributed by atoms with E-state index >= 15 is 0 Å². The SMILES string of the molecule is CCC[C@H](C)NC(=O)[C@@H](C)Oc1ccc2c(c1)CCCC2. The van der Waals surface area contributed by atoms with E-state index in [1.807, 2.05) is 19.9 Å². The van der Waals surface area contributed by atoms with Crippen LogP contribution in [0.15, 0.2) is 18.2 Å². The van der Waals surface area contributed by atoms with E-state index in [2.05, 4.69) is 24.4 Å². The first-order valence-corrected chi connectivity index (χ1v) is 8.19. The molecule has 0 spiro atoms. The van der Waals surface area contributed by atoms with Gasteiger partial charge in [-0.05, 0) is 69.2 Å². The zero-order valence-corrected chi connectivity index (χ0v) is 13.4. The Bertz CT molecular complexity index is 484. The highest BCUT2D eigenvalue weighted by atomic mass is 16.5. The molecule has 1 aliphatic rings. The van der Waals surface area contributed by atoms with Gasteiger partial charge in [-0.2, -0.15) is 0 Å². The van der Waals surface area contributed by atoms with Crippen molar-refractivity contribution in [1.29, 1.82) is 0 Å². The zero-order chi connectivity index (χ0) is 15.2. The van der Waals surface area contributed by atoms with Crippen molar-refractivity contribution in [2.24, 2.45) is 0 Å². The second-order valence-electron chi connectivity index (χ2n) is 6.10. The van der Waals surface area contributed by atoms with Crippen LogP contribution < -0.4 is 10.1 Å². The first-order chi connectivity index (χ1) is 10.1. The molecule has 0 saturated carbocycles. The third-order valence-electron chi connectivity index (χ3n) is 4.11. The van der Waals surface area contributed by atoms with Gasteiger partial charge in [0.2, 0.25) is 0 Å². The summed E-state index contributed by atoms with van der Waals surface area (Å²) in [5.41, 5.74) is 2.81. The van der Waals surface area contributed by atoms with Gasteiger partial charge in [-0.1, -0.05) is 19.4 Å². The van der Waals surface area contributed by atoms with Gasteiger partial charge in [-0.3, -0.25) is 4.79 Å². The average Bonchev–Trinajstić information content (AvgIpc) is 2.47. The summed E-state index contributed by atoms with van der Waals surface area (Å²) in [4.78, 5) is 12.1. The Labute approximate surface area is 128 Å². The van der Waals surface area contributed by atoms with E-state index in [-0.39, 0.29) is 11.9 Å². The van der Waals surface area contributed by atoms with Crippen molar-refractivity contribution in [3.05, 3.63) is 29.3 Å². The van der Waals surface area contributed by atoms with Crippen molar-refractivity contribution in [2.45, 2.75) is 71.4 Å². The lowest BCUT2D eigenvalue weighted by atomic mass is 9.92. The Balaban J connectivity index is 1.92. The molecule has 1 aromatic carbocycles. The molecule has 0 aromatic heterocycles. The van der Waals surface area contributed by atoms with Crippen LogP contribution in [0, 0.1) is 0 Å². The van der Waals surface area contributed by atoms with Crippen LogP contribution in [-0.4, -0.2) is 18.1 Å². The smallest absolute Gasteiger partial charge is 0.260 e. The Kier molecular flexibility index (Phi) is 5.66. The molecule has 0 unspecified atom stereocenters. The van der Waals surface area contributed by atoms with Gasteiger partial charge >= 0.3 is 0 Å². The average molecular weight is 289 g/mol. The fourth-order valence-corrected chi connectivity index (χ4v) is 2.91. The van der Waals surface area contributed by atoms with Gasteiger partial charge in [0.15, 0.2) is 6.10 Å². The summed E-state index contributed by atoms with van der Waals surface area (Å²) in [7, 11) is 0. The highest BCUT2D eigenvalue weighted by molar-refractivity contribution is 5.80. The number of ether oxygens (including phenoxy) is 1. The molecule has 1 N–H and O–H groups in total. The minimum Gasteiger partial charge on any atom is -0.481 e. The fourth-order valence-electron chi connectivity index (χ4n) is 2.91. The topological polar surface area (TPSA) is 38.3 Å². The molecule has 1 aromatic rings. The van der Waals surface area contributed by atoms with Crippen molar-refractivity contribution < 1.29 is 9.53 Å². The predicted octanol–water partition coefficient (Wildman–Crippen LogP) is 3.64. The second-order valence-corrected chi connectivity index (χ2v) is 6.10. The molecule has 0 bridgehead atoms. The molecule has 0 radical (unpaired) electrons. The van der Waals surface area contributed by atoms with Crippen LogP contribution in [0.1, 0.15) is 57.6 Å². The summed E-state index contributed by atoms with van der Waals surface area (Å²) in [6.07, 6.45) is 6.44. The normalized spacial score (nSPS) is 16.7. The number of aryl methyl sites for hydroxylation is 2. The van der Waals surface area contributed by atoms with Gasteiger partial charge in [-0.25, -0.2) is 0 Å². The summed E-state index contributed by atoms with van der Waals surface area (Å²) in [5.74, 6) is 0.773. The molecule has 0 aliphatic heterocycles. The van der Waals surface area contributed by atoms with E-state index < -0.39 is 6.10 Å². The Morgan fingerprint density at radius 3 is 2.67 bits per heavy atom. The van der Waals surface area contributed by atoms with Gasteiger partial charge in [-0.15, -0.1) is 0 Å². The van der Waals surface area contributed by atoms with Gasteiger partial charge in [0.1, 0.15) is 5.75 Å². The summed E-state index contributed by atoms with van der Waals surface area (Å²) < 4.78 is 5.81. The van der Waals surface area contributed by atoms with E-state index in [4.69, 9.17) is 4.74 Å². The quantitative estimate of drug-likeness (QED) is 0.868. The van der Waals surface area contributed by atoms with Crippen LogP contribution in [0.25, 0.3) is 0 Å². The highest BCUT2D eigenvalue weighted by Crippen LogP contribution is 2.25.